The summed E-state index contributed by atoms with van der Waals surface area (Å²) in [4.78, 5) is 11.5. The van der Waals surface area contributed by atoms with E-state index in [0.29, 0.717) is 10.9 Å². The maximum Gasteiger partial charge on any atom is 0.268 e. The van der Waals surface area contributed by atoms with E-state index < -0.39 is 0 Å². The molecule has 0 aliphatic heterocycles. The van der Waals surface area contributed by atoms with Crippen LogP contribution in [-0.4, -0.2) is 3.96 Å². The lowest BCUT2D eigenvalue weighted by Gasteiger charge is -1.94. The average molecular weight is 197 g/mol. The molecule has 0 N–H and O–H groups in total. The van der Waals surface area contributed by atoms with Crippen LogP contribution in [0.1, 0.15) is 5.56 Å². The fraction of sp³-hybridized carbons (Fsp3) is 0.222. The molecule has 0 spiro atoms. The Balaban J connectivity index is 3.06. The molecule has 2 rings (SSSR count). The first-order chi connectivity index (χ1) is 6.11. The zero-order valence-corrected chi connectivity index (χ0v) is 8.11. The predicted molar refractivity (Wildman–Crippen MR) is 51.8 cm³/mol. The molecule has 4 heteroatoms. The Hall–Kier alpha value is -1.16. The Kier molecular flexibility index (Phi) is 1.73. The van der Waals surface area contributed by atoms with E-state index in [-0.39, 0.29) is 11.4 Å². The molecular weight excluding hydrogens is 189 g/mol. The molecule has 0 saturated heterocycles. The van der Waals surface area contributed by atoms with Gasteiger partial charge in [0.15, 0.2) is 0 Å². The lowest BCUT2D eigenvalue weighted by Crippen LogP contribution is -2.09. The molecule has 0 bridgehead atoms. The van der Waals surface area contributed by atoms with Gasteiger partial charge in [-0.05, 0) is 24.6 Å². The normalized spacial score (nSPS) is 11.0. The maximum atomic E-state index is 13.1. The van der Waals surface area contributed by atoms with Crippen molar-refractivity contribution >= 4 is 21.6 Å². The average Bonchev–Trinajstić information content (AvgIpc) is 2.37. The zero-order valence-electron chi connectivity index (χ0n) is 7.30. The molecule has 0 aliphatic rings. The molecule has 13 heavy (non-hydrogen) atoms. The van der Waals surface area contributed by atoms with E-state index in [0.717, 1.165) is 4.70 Å². The van der Waals surface area contributed by atoms with Gasteiger partial charge < -0.3 is 0 Å². The van der Waals surface area contributed by atoms with E-state index in [1.54, 1.807) is 20.0 Å². The van der Waals surface area contributed by atoms with Gasteiger partial charge in [0.05, 0.1) is 10.1 Å². The van der Waals surface area contributed by atoms with Crippen LogP contribution < -0.4 is 5.56 Å². The number of benzene rings is 1. The number of halogens is 1. The van der Waals surface area contributed by atoms with Crippen LogP contribution in [0.15, 0.2) is 16.9 Å². The maximum absolute atomic E-state index is 13.1. The van der Waals surface area contributed by atoms with Gasteiger partial charge in [-0.3, -0.25) is 8.75 Å². The van der Waals surface area contributed by atoms with Gasteiger partial charge in [0.1, 0.15) is 5.82 Å². The molecule has 2 nitrogen and oxygen atoms in total. The molecule has 1 heterocycles. The lowest BCUT2D eigenvalue weighted by molar-refractivity contribution is 0.621. The second-order valence-electron chi connectivity index (χ2n) is 2.94. The SMILES string of the molecule is Cc1c(F)ccc2sn(C)c(=O)c12. The summed E-state index contributed by atoms with van der Waals surface area (Å²) in [5.41, 5.74) is 0.330. The molecule has 68 valence electrons. The highest BCUT2D eigenvalue weighted by Crippen LogP contribution is 2.21. The van der Waals surface area contributed by atoms with E-state index in [2.05, 4.69) is 0 Å². The van der Waals surface area contributed by atoms with Crippen LogP contribution in [0.4, 0.5) is 4.39 Å². The summed E-state index contributed by atoms with van der Waals surface area (Å²) in [7, 11) is 1.68. The van der Waals surface area contributed by atoms with Gasteiger partial charge in [-0.1, -0.05) is 11.5 Å². The van der Waals surface area contributed by atoms with Crippen molar-refractivity contribution in [1.82, 2.24) is 3.96 Å². The summed E-state index contributed by atoms with van der Waals surface area (Å²) < 4.78 is 15.4. The van der Waals surface area contributed by atoms with Crippen molar-refractivity contribution in [3.63, 3.8) is 0 Å². The number of nitrogens with zero attached hydrogens (tertiary/aromatic N) is 1. The largest absolute Gasteiger partial charge is 0.268 e. The molecule has 0 unspecified atom stereocenters. The highest BCUT2D eigenvalue weighted by atomic mass is 32.1. The van der Waals surface area contributed by atoms with Crippen molar-refractivity contribution in [3.05, 3.63) is 33.9 Å². The number of aryl methyl sites for hydroxylation is 2. The van der Waals surface area contributed by atoms with Gasteiger partial charge >= 0.3 is 0 Å². The topological polar surface area (TPSA) is 22.0 Å². The fourth-order valence-corrected chi connectivity index (χ4v) is 2.28. The molecule has 0 saturated carbocycles. The molecule has 0 amide bonds. The van der Waals surface area contributed by atoms with Gasteiger partial charge in [0.25, 0.3) is 5.56 Å². The lowest BCUT2D eigenvalue weighted by atomic mass is 10.1. The molecule has 1 aromatic carbocycles. The summed E-state index contributed by atoms with van der Waals surface area (Å²) in [5.74, 6) is -0.317. The summed E-state index contributed by atoms with van der Waals surface area (Å²) in [6.45, 7) is 1.63. The van der Waals surface area contributed by atoms with Crippen molar-refractivity contribution in [2.24, 2.45) is 7.05 Å². The van der Waals surface area contributed by atoms with Crippen LogP contribution in [-0.2, 0) is 7.05 Å². The Morgan fingerprint density at radius 3 is 2.85 bits per heavy atom. The Bertz CT molecular complexity index is 526. The standard InChI is InChI=1S/C9H8FNOS/c1-5-6(10)3-4-7-8(5)9(12)11(2)13-7/h3-4H,1-2H3. The first kappa shape index (κ1) is 8.44. The third-order valence-corrected chi connectivity index (χ3v) is 3.07. The van der Waals surface area contributed by atoms with E-state index in [9.17, 15) is 9.18 Å². The zero-order chi connectivity index (χ0) is 9.59. The summed E-state index contributed by atoms with van der Waals surface area (Å²) in [6, 6.07) is 3.04. The van der Waals surface area contributed by atoms with Crippen molar-refractivity contribution in [2.45, 2.75) is 6.92 Å². The minimum Gasteiger partial charge on any atom is -0.268 e. The Labute approximate surface area is 78.4 Å². The van der Waals surface area contributed by atoms with Crippen molar-refractivity contribution < 1.29 is 4.39 Å². The van der Waals surface area contributed by atoms with E-state index in [1.165, 1.54) is 21.6 Å². The Morgan fingerprint density at radius 2 is 2.15 bits per heavy atom. The molecule has 0 aliphatic carbocycles. The van der Waals surface area contributed by atoms with E-state index in [1.807, 2.05) is 0 Å². The smallest absolute Gasteiger partial charge is 0.268 e. The minimum absolute atomic E-state index is 0.114. The molecular formula is C9H8FNOS. The van der Waals surface area contributed by atoms with Gasteiger partial charge in [-0.2, -0.15) is 0 Å². The van der Waals surface area contributed by atoms with Crippen LogP contribution >= 0.6 is 11.5 Å². The molecule has 1 aromatic heterocycles. The van der Waals surface area contributed by atoms with Crippen LogP contribution in [0.3, 0.4) is 0 Å². The summed E-state index contributed by atoms with van der Waals surface area (Å²) in [6.07, 6.45) is 0. The van der Waals surface area contributed by atoms with Gasteiger partial charge in [0, 0.05) is 7.05 Å². The van der Waals surface area contributed by atoms with E-state index >= 15 is 0 Å². The second kappa shape index (κ2) is 2.67. The number of fused-ring (bicyclic) bond motifs is 1. The van der Waals surface area contributed by atoms with Crippen LogP contribution in [0.5, 0.6) is 0 Å². The molecule has 2 aromatic rings. The number of hydrogen-bond donors (Lipinski definition) is 0. The van der Waals surface area contributed by atoms with Crippen LogP contribution in [0, 0.1) is 12.7 Å². The number of hydrogen-bond acceptors (Lipinski definition) is 2. The minimum atomic E-state index is -0.317. The number of rotatable bonds is 0. The molecule has 0 atom stereocenters. The first-order valence-corrected chi connectivity index (χ1v) is 4.63. The second-order valence-corrected chi connectivity index (χ2v) is 4.11. The van der Waals surface area contributed by atoms with Gasteiger partial charge in [0.2, 0.25) is 0 Å². The molecule has 0 radical (unpaired) electrons. The Morgan fingerprint density at radius 1 is 1.46 bits per heavy atom. The monoisotopic (exact) mass is 197 g/mol. The van der Waals surface area contributed by atoms with Crippen molar-refractivity contribution in [1.29, 1.82) is 0 Å². The number of aromatic nitrogens is 1. The van der Waals surface area contributed by atoms with Crippen molar-refractivity contribution in [3.8, 4) is 0 Å². The summed E-state index contributed by atoms with van der Waals surface area (Å²) >= 11 is 1.34. The fourth-order valence-electron chi connectivity index (χ4n) is 1.35. The third-order valence-electron chi connectivity index (χ3n) is 2.10. The molecule has 0 fully saturated rings. The van der Waals surface area contributed by atoms with Crippen LogP contribution in [0.25, 0.3) is 10.1 Å². The van der Waals surface area contributed by atoms with Gasteiger partial charge in [-0.15, -0.1) is 0 Å². The van der Waals surface area contributed by atoms with Crippen molar-refractivity contribution in [2.75, 3.05) is 0 Å². The predicted octanol–water partition coefficient (Wildman–Crippen LogP) is 2.05. The first-order valence-electron chi connectivity index (χ1n) is 3.86. The van der Waals surface area contributed by atoms with Gasteiger partial charge in [-0.25, -0.2) is 4.39 Å². The van der Waals surface area contributed by atoms with Crippen LogP contribution in [0.2, 0.25) is 0 Å². The quantitative estimate of drug-likeness (QED) is 0.633. The van der Waals surface area contributed by atoms with E-state index in [4.69, 9.17) is 0 Å². The highest BCUT2D eigenvalue weighted by Gasteiger charge is 2.10. The highest BCUT2D eigenvalue weighted by molar-refractivity contribution is 7.13. The third kappa shape index (κ3) is 1.09. The summed E-state index contributed by atoms with van der Waals surface area (Å²) in [5, 5.41) is 0.507.